The molecule has 1 aliphatic heterocycles. The van der Waals surface area contributed by atoms with Gasteiger partial charge in [-0.3, -0.25) is 14.5 Å². The molecule has 0 aliphatic carbocycles. The van der Waals surface area contributed by atoms with Gasteiger partial charge in [0.2, 0.25) is 0 Å². The Hall–Kier alpha value is -1.35. The Bertz CT molecular complexity index is 363. The summed E-state index contributed by atoms with van der Waals surface area (Å²) in [4.78, 5) is 24.8. The van der Waals surface area contributed by atoms with Gasteiger partial charge in [0.05, 0.1) is 6.54 Å². The first kappa shape index (κ1) is 15.7. The van der Waals surface area contributed by atoms with E-state index in [1.54, 1.807) is 4.90 Å². The van der Waals surface area contributed by atoms with E-state index in [0.717, 1.165) is 4.90 Å². The van der Waals surface area contributed by atoms with Crippen molar-refractivity contribution in [2.75, 3.05) is 32.7 Å². The minimum absolute atomic E-state index is 0.0367. The van der Waals surface area contributed by atoms with E-state index in [1.807, 2.05) is 0 Å². The van der Waals surface area contributed by atoms with Gasteiger partial charge in [-0.1, -0.05) is 0 Å². The number of hydrogen-bond donors (Lipinski definition) is 2. The molecular formula is C10H16F3N3O3. The third kappa shape index (κ3) is 3.57. The van der Waals surface area contributed by atoms with Crippen LogP contribution in [-0.4, -0.2) is 71.2 Å². The highest BCUT2D eigenvalue weighted by Crippen LogP contribution is 2.29. The molecule has 19 heavy (non-hydrogen) atoms. The number of nitrogens with two attached hydrogens (primary N) is 1. The molecular weight excluding hydrogens is 267 g/mol. The molecule has 1 heterocycles. The lowest BCUT2D eigenvalue weighted by Gasteiger charge is -2.38. The SMILES string of the molecule is CC(N)(C(=O)N1CCN(CC(=O)O)CC1)C(F)(F)F. The Morgan fingerprint density at radius 3 is 2.05 bits per heavy atom. The molecule has 0 aromatic heterocycles. The standard InChI is InChI=1S/C10H16F3N3O3/c1-9(14,10(11,12)13)8(19)16-4-2-15(3-5-16)6-7(17)18/h2-6,14H2,1H3,(H,17,18). The molecule has 9 heteroatoms. The maximum atomic E-state index is 12.6. The van der Waals surface area contributed by atoms with E-state index in [2.05, 4.69) is 0 Å². The van der Waals surface area contributed by atoms with Crippen LogP contribution >= 0.6 is 0 Å². The zero-order chi connectivity index (χ0) is 14.8. The second-order valence-corrected chi connectivity index (χ2v) is 4.66. The van der Waals surface area contributed by atoms with Crippen LogP contribution in [0.15, 0.2) is 0 Å². The fraction of sp³-hybridized carbons (Fsp3) is 0.800. The number of carbonyl (C=O) groups is 2. The summed E-state index contributed by atoms with van der Waals surface area (Å²) in [5, 5.41) is 8.59. The van der Waals surface area contributed by atoms with Crippen molar-refractivity contribution >= 4 is 11.9 Å². The third-order valence-electron chi connectivity index (χ3n) is 3.05. The van der Waals surface area contributed by atoms with Crippen LogP contribution in [0.5, 0.6) is 0 Å². The maximum absolute atomic E-state index is 12.6. The number of carbonyl (C=O) groups excluding carboxylic acids is 1. The van der Waals surface area contributed by atoms with E-state index in [1.165, 1.54) is 0 Å². The van der Waals surface area contributed by atoms with E-state index < -0.39 is 23.6 Å². The Morgan fingerprint density at radius 2 is 1.68 bits per heavy atom. The molecule has 0 spiro atoms. The first-order valence-electron chi connectivity index (χ1n) is 5.65. The molecule has 0 saturated carbocycles. The number of carboxylic acid groups (broad SMARTS) is 1. The highest BCUT2D eigenvalue weighted by atomic mass is 19.4. The molecule has 1 amide bonds. The van der Waals surface area contributed by atoms with E-state index in [-0.39, 0.29) is 32.7 Å². The average molecular weight is 283 g/mol. The van der Waals surface area contributed by atoms with Gasteiger partial charge in [0, 0.05) is 26.2 Å². The molecule has 1 fully saturated rings. The van der Waals surface area contributed by atoms with Gasteiger partial charge in [-0.25, -0.2) is 0 Å². The van der Waals surface area contributed by atoms with E-state index >= 15 is 0 Å². The van der Waals surface area contributed by atoms with Gasteiger partial charge in [0.1, 0.15) is 0 Å². The van der Waals surface area contributed by atoms with Gasteiger partial charge in [0.15, 0.2) is 5.54 Å². The van der Waals surface area contributed by atoms with Crippen molar-refractivity contribution in [2.24, 2.45) is 5.73 Å². The number of piperazine rings is 1. The lowest BCUT2D eigenvalue weighted by Crippen LogP contribution is -2.64. The number of alkyl halides is 3. The van der Waals surface area contributed by atoms with Crippen LogP contribution in [0.4, 0.5) is 13.2 Å². The second kappa shape index (κ2) is 5.33. The Labute approximate surface area is 107 Å². The summed E-state index contributed by atoms with van der Waals surface area (Å²) >= 11 is 0. The fourth-order valence-electron chi connectivity index (χ4n) is 1.75. The lowest BCUT2D eigenvalue weighted by molar-refractivity contribution is -0.194. The van der Waals surface area contributed by atoms with Crippen LogP contribution in [0.2, 0.25) is 0 Å². The number of nitrogens with zero attached hydrogens (tertiary/aromatic N) is 2. The van der Waals surface area contributed by atoms with Crippen molar-refractivity contribution in [3.63, 3.8) is 0 Å². The molecule has 0 aromatic carbocycles. The highest BCUT2D eigenvalue weighted by molar-refractivity contribution is 5.86. The Balaban J connectivity index is 2.61. The molecule has 1 aliphatic rings. The molecule has 1 atom stereocenters. The van der Waals surface area contributed by atoms with E-state index in [4.69, 9.17) is 10.8 Å². The summed E-state index contributed by atoms with van der Waals surface area (Å²) in [5.41, 5.74) is 2.14. The van der Waals surface area contributed by atoms with Gasteiger partial charge in [0.25, 0.3) is 5.91 Å². The molecule has 1 unspecified atom stereocenters. The first-order valence-corrected chi connectivity index (χ1v) is 5.65. The Morgan fingerprint density at radius 1 is 1.21 bits per heavy atom. The van der Waals surface area contributed by atoms with Crippen molar-refractivity contribution in [3.8, 4) is 0 Å². The molecule has 6 nitrogen and oxygen atoms in total. The quantitative estimate of drug-likeness (QED) is 0.729. The van der Waals surface area contributed by atoms with E-state index in [0.29, 0.717) is 6.92 Å². The van der Waals surface area contributed by atoms with Gasteiger partial charge >= 0.3 is 12.1 Å². The predicted molar refractivity (Wildman–Crippen MR) is 59.3 cm³/mol. The number of hydrogen-bond acceptors (Lipinski definition) is 4. The summed E-state index contributed by atoms with van der Waals surface area (Å²) in [6.45, 7) is 0.946. The van der Waals surface area contributed by atoms with Crippen LogP contribution in [-0.2, 0) is 9.59 Å². The van der Waals surface area contributed by atoms with Crippen molar-refractivity contribution < 1.29 is 27.9 Å². The smallest absolute Gasteiger partial charge is 0.415 e. The molecule has 0 bridgehead atoms. The van der Waals surface area contributed by atoms with Crippen LogP contribution in [0, 0.1) is 0 Å². The van der Waals surface area contributed by atoms with Crippen molar-refractivity contribution in [3.05, 3.63) is 0 Å². The van der Waals surface area contributed by atoms with Gasteiger partial charge in [-0.15, -0.1) is 0 Å². The summed E-state index contributed by atoms with van der Waals surface area (Å²) in [7, 11) is 0. The second-order valence-electron chi connectivity index (χ2n) is 4.66. The maximum Gasteiger partial charge on any atom is 0.415 e. The van der Waals surface area contributed by atoms with Crippen LogP contribution in [0.25, 0.3) is 0 Å². The normalized spacial score (nSPS) is 21.0. The number of carboxylic acids is 1. The zero-order valence-corrected chi connectivity index (χ0v) is 10.4. The summed E-state index contributed by atoms with van der Waals surface area (Å²) < 4.78 is 37.9. The summed E-state index contributed by atoms with van der Waals surface area (Å²) in [6, 6.07) is 0. The number of amides is 1. The molecule has 0 aromatic rings. The topological polar surface area (TPSA) is 86.9 Å². The lowest BCUT2D eigenvalue weighted by atomic mass is 10.0. The predicted octanol–water partition coefficient (Wildman–Crippen LogP) is -0.505. The van der Waals surface area contributed by atoms with Gasteiger partial charge < -0.3 is 15.7 Å². The average Bonchev–Trinajstić information content (AvgIpc) is 2.26. The van der Waals surface area contributed by atoms with Crippen molar-refractivity contribution in [1.82, 2.24) is 9.80 Å². The molecule has 110 valence electrons. The van der Waals surface area contributed by atoms with Gasteiger partial charge in [-0.2, -0.15) is 13.2 Å². The molecule has 3 N–H and O–H groups in total. The van der Waals surface area contributed by atoms with Crippen LogP contribution in [0.1, 0.15) is 6.92 Å². The molecule has 0 radical (unpaired) electrons. The number of rotatable bonds is 3. The third-order valence-corrected chi connectivity index (χ3v) is 3.05. The van der Waals surface area contributed by atoms with Crippen LogP contribution in [0.3, 0.4) is 0 Å². The summed E-state index contributed by atoms with van der Waals surface area (Å²) in [6.07, 6.45) is -4.82. The number of halogens is 3. The number of aliphatic carboxylic acids is 1. The Kier molecular flexibility index (Phi) is 4.41. The van der Waals surface area contributed by atoms with E-state index in [9.17, 15) is 22.8 Å². The minimum atomic E-state index is -4.82. The fourth-order valence-corrected chi connectivity index (χ4v) is 1.75. The van der Waals surface area contributed by atoms with Gasteiger partial charge in [-0.05, 0) is 6.92 Å². The first-order chi connectivity index (χ1) is 8.55. The molecule has 1 rings (SSSR count). The van der Waals surface area contributed by atoms with Crippen molar-refractivity contribution in [1.29, 1.82) is 0 Å². The van der Waals surface area contributed by atoms with Crippen molar-refractivity contribution in [2.45, 2.75) is 18.6 Å². The molecule has 1 saturated heterocycles. The zero-order valence-electron chi connectivity index (χ0n) is 10.4. The monoisotopic (exact) mass is 283 g/mol. The highest BCUT2D eigenvalue weighted by Gasteiger charge is 2.55. The minimum Gasteiger partial charge on any atom is -0.480 e. The largest absolute Gasteiger partial charge is 0.480 e. The summed E-state index contributed by atoms with van der Waals surface area (Å²) in [5.74, 6) is -2.20. The van der Waals surface area contributed by atoms with Crippen LogP contribution < -0.4 is 5.73 Å².